The highest BCUT2D eigenvalue weighted by atomic mass is 79.9. The monoisotopic (exact) mass is 406 g/mol. The van der Waals surface area contributed by atoms with Crippen LogP contribution in [0.25, 0.3) is 0 Å². The summed E-state index contributed by atoms with van der Waals surface area (Å²) in [6, 6.07) is 15.0. The van der Waals surface area contributed by atoms with Gasteiger partial charge < -0.3 is 10.6 Å². The van der Waals surface area contributed by atoms with Gasteiger partial charge in [0.25, 0.3) is 0 Å². The van der Waals surface area contributed by atoms with Crippen LogP contribution in [0.15, 0.2) is 57.9 Å². The molecule has 0 aliphatic heterocycles. The summed E-state index contributed by atoms with van der Waals surface area (Å²) in [5.74, 6) is -0.157. The maximum Gasteiger partial charge on any atom is 0.237 e. The zero-order chi connectivity index (χ0) is 17.5. The van der Waals surface area contributed by atoms with Crippen LogP contribution in [0.2, 0.25) is 0 Å². The molecule has 0 spiro atoms. The molecule has 24 heavy (non-hydrogen) atoms. The molecule has 0 aromatic heterocycles. The highest BCUT2D eigenvalue weighted by Crippen LogP contribution is 2.29. The number of rotatable bonds is 6. The topological polar surface area (TPSA) is 58.2 Å². The van der Waals surface area contributed by atoms with Gasteiger partial charge in [0.05, 0.1) is 10.9 Å². The highest BCUT2D eigenvalue weighted by Gasteiger charge is 2.19. The first-order valence-corrected chi connectivity index (χ1v) is 9.26. The molecule has 2 amide bonds. The number of halogens is 1. The molecule has 2 rings (SSSR count). The Morgan fingerprint density at radius 1 is 1.12 bits per heavy atom. The van der Waals surface area contributed by atoms with Gasteiger partial charge in [0.15, 0.2) is 0 Å². The molecule has 6 heteroatoms. The molecule has 0 aliphatic carbocycles. The molecule has 0 saturated heterocycles. The second-order valence-electron chi connectivity index (χ2n) is 5.19. The number of thioether (sulfide) groups is 1. The summed E-state index contributed by atoms with van der Waals surface area (Å²) in [6.07, 6.45) is 0.700. The average molecular weight is 407 g/mol. The maximum absolute atomic E-state index is 12.5. The van der Waals surface area contributed by atoms with Gasteiger partial charge in [-0.2, -0.15) is 0 Å². The fourth-order valence-corrected chi connectivity index (χ4v) is 3.51. The molecular weight excluding hydrogens is 388 g/mol. The molecule has 0 heterocycles. The number of para-hydroxylation sites is 1. The first-order valence-electron chi connectivity index (χ1n) is 7.59. The van der Waals surface area contributed by atoms with Crippen LogP contribution in [0, 0.1) is 0 Å². The molecule has 2 aromatic carbocycles. The lowest BCUT2D eigenvalue weighted by Crippen LogP contribution is -2.24. The van der Waals surface area contributed by atoms with Crippen molar-refractivity contribution < 1.29 is 9.59 Å². The van der Waals surface area contributed by atoms with E-state index < -0.39 is 0 Å². The number of anilines is 2. The average Bonchev–Trinajstić information content (AvgIpc) is 2.54. The van der Waals surface area contributed by atoms with Crippen molar-refractivity contribution in [1.82, 2.24) is 0 Å². The van der Waals surface area contributed by atoms with Gasteiger partial charge >= 0.3 is 0 Å². The second-order valence-corrected chi connectivity index (χ2v) is 7.32. The summed E-state index contributed by atoms with van der Waals surface area (Å²) in [7, 11) is 0. The van der Waals surface area contributed by atoms with Crippen molar-refractivity contribution >= 4 is 50.9 Å². The summed E-state index contributed by atoms with van der Waals surface area (Å²) in [6.45, 7) is 3.45. The Bertz CT molecular complexity index is 736. The number of carbonyl (C=O) groups is 2. The van der Waals surface area contributed by atoms with Gasteiger partial charge in [-0.05, 0) is 52.7 Å². The van der Waals surface area contributed by atoms with Gasteiger partial charge in [0, 0.05) is 22.0 Å². The standard InChI is InChI=1S/C18H19BrN2O2S/c1-3-17(18(23)21-16-10-5-4-9-15(16)19)24-14-8-6-7-13(11-14)20-12(2)22/h4-11,17H,3H2,1-2H3,(H,20,22)(H,21,23). The molecule has 1 unspecified atom stereocenters. The molecule has 126 valence electrons. The van der Waals surface area contributed by atoms with E-state index in [9.17, 15) is 9.59 Å². The van der Waals surface area contributed by atoms with Crippen LogP contribution < -0.4 is 10.6 Å². The van der Waals surface area contributed by atoms with Gasteiger partial charge in [-0.3, -0.25) is 9.59 Å². The first kappa shape index (κ1) is 18.5. The summed E-state index contributed by atoms with van der Waals surface area (Å²) in [5.41, 5.74) is 1.49. The van der Waals surface area contributed by atoms with Gasteiger partial charge in [0.2, 0.25) is 11.8 Å². The Hall–Kier alpha value is -1.79. The molecular formula is C18H19BrN2O2S. The van der Waals surface area contributed by atoms with Crippen LogP contribution in [0.1, 0.15) is 20.3 Å². The SMILES string of the molecule is CCC(Sc1cccc(NC(C)=O)c1)C(=O)Nc1ccccc1Br. The van der Waals surface area contributed by atoms with Crippen molar-refractivity contribution in [3.63, 3.8) is 0 Å². The van der Waals surface area contributed by atoms with E-state index in [0.717, 1.165) is 20.7 Å². The van der Waals surface area contributed by atoms with Gasteiger partial charge in [-0.1, -0.05) is 25.1 Å². The van der Waals surface area contributed by atoms with E-state index >= 15 is 0 Å². The maximum atomic E-state index is 12.5. The van der Waals surface area contributed by atoms with E-state index in [1.54, 1.807) is 0 Å². The Labute approximate surface area is 154 Å². The minimum absolute atomic E-state index is 0.0423. The summed E-state index contributed by atoms with van der Waals surface area (Å²) in [5, 5.41) is 5.49. The lowest BCUT2D eigenvalue weighted by atomic mass is 10.3. The van der Waals surface area contributed by atoms with E-state index in [-0.39, 0.29) is 17.1 Å². The van der Waals surface area contributed by atoms with Crippen molar-refractivity contribution in [2.24, 2.45) is 0 Å². The predicted octanol–water partition coefficient (Wildman–Crippen LogP) is 4.92. The molecule has 4 nitrogen and oxygen atoms in total. The minimum Gasteiger partial charge on any atom is -0.326 e. The van der Waals surface area contributed by atoms with E-state index in [1.807, 2.05) is 55.5 Å². The summed E-state index contributed by atoms with van der Waals surface area (Å²) < 4.78 is 0.853. The lowest BCUT2D eigenvalue weighted by Gasteiger charge is -2.16. The molecule has 0 radical (unpaired) electrons. The van der Waals surface area contributed by atoms with Crippen LogP contribution in [0.5, 0.6) is 0 Å². The van der Waals surface area contributed by atoms with Gasteiger partial charge in [-0.15, -0.1) is 11.8 Å². The van der Waals surface area contributed by atoms with Crippen LogP contribution in [-0.2, 0) is 9.59 Å². The molecule has 0 saturated carbocycles. The highest BCUT2D eigenvalue weighted by molar-refractivity contribution is 9.10. The van der Waals surface area contributed by atoms with Crippen molar-refractivity contribution in [1.29, 1.82) is 0 Å². The van der Waals surface area contributed by atoms with Crippen LogP contribution in [0.4, 0.5) is 11.4 Å². The zero-order valence-electron chi connectivity index (χ0n) is 13.5. The molecule has 0 fully saturated rings. The van der Waals surface area contributed by atoms with E-state index in [1.165, 1.54) is 18.7 Å². The summed E-state index contributed by atoms with van der Waals surface area (Å²) >= 11 is 4.92. The van der Waals surface area contributed by atoms with Crippen molar-refractivity contribution in [3.8, 4) is 0 Å². The molecule has 1 atom stereocenters. The van der Waals surface area contributed by atoms with Crippen LogP contribution in [-0.4, -0.2) is 17.1 Å². The Kier molecular flexibility index (Phi) is 6.87. The molecule has 0 bridgehead atoms. The number of hydrogen-bond donors (Lipinski definition) is 2. The lowest BCUT2D eigenvalue weighted by molar-refractivity contribution is -0.116. The van der Waals surface area contributed by atoms with Crippen molar-refractivity contribution in [2.45, 2.75) is 30.4 Å². The fraction of sp³-hybridized carbons (Fsp3) is 0.222. The third kappa shape index (κ3) is 5.39. The Balaban J connectivity index is 2.07. The quantitative estimate of drug-likeness (QED) is 0.669. The number of amides is 2. The van der Waals surface area contributed by atoms with Crippen LogP contribution >= 0.6 is 27.7 Å². The molecule has 2 aromatic rings. The summed E-state index contributed by atoms with van der Waals surface area (Å²) in [4.78, 5) is 24.6. The van der Waals surface area contributed by atoms with Crippen LogP contribution in [0.3, 0.4) is 0 Å². The number of nitrogens with one attached hydrogen (secondary N) is 2. The Morgan fingerprint density at radius 3 is 2.54 bits per heavy atom. The number of hydrogen-bond acceptors (Lipinski definition) is 3. The van der Waals surface area contributed by atoms with Gasteiger partial charge in [-0.25, -0.2) is 0 Å². The zero-order valence-corrected chi connectivity index (χ0v) is 15.9. The normalized spacial score (nSPS) is 11.6. The smallest absolute Gasteiger partial charge is 0.237 e. The third-order valence-electron chi connectivity index (χ3n) is 3.23. The fourth-order valence-electron chi connectivity index (χ4n) is 2.11. The van der Waals surface area contributed by atoms with Gasteiger partial charge in [0.1, 0.15) is 0 Å². The predicted molar refractivity (Wildman–Crippen MR) is 103 cm³/mol. The van der Waals surface area contributed by atoms with E-state index in [2.05, 4.69) is 26.6 Å². The van der Waals surface area contributed by atoms with Crippen molar-refractivity contribution in [3.05, 3.63) is 53.0 Å². The van der Waals surface area contributed by atoms with Crippen molar-refractivity contribution in [2.75, 3.05) is 10.6 Å². The third-order valence-corrected chi connectivity index (χ3v) is 5.28. The van der Waals surface area contributed by atoms with E-state index in [0.29, 0.717) is 6.42 Å². The number of benzene rings is 2. The molecule has 0 aliphatic rings. The Morgan fingerprint density at radius 2 is 1.88 bits per heavy atom. The first-order chi connectivity index (χ1) is 11.5. The largest absolute Gasteiger partial charge is 0.326 e. The second kappa shape index (κ2) is 8.89. The molecule has 2 N–H and O–H groups in total. The minimum atomic E-state index is -0.218. The van der Waals surface area contributed by atoms with E-state index in [4.69, 9.17) is 0 Å². The number of carbonyl (C=O) groups excluding carboxylic acids is 2.